The van der Waals surface area contributed by atoms with E-state index in [0.29, 0.717) is 33.9 Å². The molecule has 234 valence electrons. The SMILES string of the molecule is O=C(O)CNC(=O)c1cnc(N2CC(O)(c3ccc(OCc4c(-c5c(Cl)cc(F)cc5Cl)noc4C4CC4)cc3Cl)C2)c(F)c1. The number of nitrogens with one attached hydrogen (secondary N) is 1. The number of halogens is 5. The molecular weight excluding hydrogens is 657 g/mol. The van der Waals surface area contributed by atoms with Gasteiger partial charge in [0.2, 0.25) is 0 Å². The van der Waals surface area contributed by atoms with Gasteiger partial charge in [-0.15, -0.1) is 0 Å². The normalized spacial score (nSPS) is 15.5. The predicted octanol–water partition coefficient (Wildman–Crippen LogP) is 5.95. The summed E-state index contributed by atoms with van der Waals surface area (Å²) < 4.78 is 40.3. The molecule has 2 fully saturated rings. The van der Waals surface area contributed by atoms with Gasteiger partial charge in [-0.1, -0.05) is 46.0 Å². The molecule has 0 atom stereocenters. The van der Waals surface area contributed by atoms with E-state index in [-0.39, 0.29) is 52.1 Å². The summed E-state index contributed by atoms with van der Waals surface area (Å²) in [5.74, 6) is -2.29. The summed E-state index contributed by atoms with van der Waals surface area (Å²) in [6.07, 6.45) is 2.97. The van der Waals surface area contributed by atoms with Gasteiger partial charge in [0.25, 0.3) is 5.91 Å². The van der Waals surface area contributed by atoms with Crippen LogP contribution in [0.15, 0.2) is 47.1 Å². The summed E-state index contributed by atoms with van der Waals surface area (Å²) in [6, 6.07) is 8.03. The second-order valence-electron chi connectivity index (χ2n) is 10.8. The van der Waals surface area contributed by atoms with Crippen LogP contribution in [0.5, 0.6) is 5.75 Å². The standard InChI is InChI=1S/C30H23Cl3F2N4O6/c31-20-8-17(44-11-18-26(38-45-27(18)14-1-2-14)25-21(32)6-16(34)7-22(25)33)3-4-19(20)30(43)12-39(13-30)28-23(35)5-15(9-36-28)29(42)37-10-24(40)41/h3-9,14,43H,1-2,10-13H2,(H,37,42)(H,40,41). The molecule has 45 heavy (non-hydrogen) atoms. The van der Waals surface area contributed by atoms with Crippen molar-refractivity contribution in [2.24, 2.45) is 0 Å². The monoisotopic (exact) mass is 678 g/mol. The van der Waals surface area contributed by atoms with Gasteiger partial charge in [-0.3, -0.25) is 9.59 Å². The van der Waals surface area contributed by atoms with Crippen molar-refractivity contribution in [3.8, 4) is 17.0 Å². The Balaban J connectivity index is 1.15. The lowest BCUT2D eigenvalue weighted by Crippen LogP contribution is -2.60. The topological polar surface area (TPSA) is 138 Å². The Morgan fingerprint density at radius 1 is 1.09 bits per heavy atom. The Morgan fingerprint density at radius 2 is 1.80 bits per heavy atom. The predicted molar refractivity (Wildman–Crippen MR) is 160 cm³/mol. The van der Waals surface area contributed by atoms with E-state index in [1.807, 2.05) is 0 Å². The number of carboxylic acid groups (broad SMARTS) is 1. The highest BCUT2D eigenvalue weighted by Crippen LogP contribution is 2.46. The number of aliphatic carboxylic acids is 1. The molecule has 3 heterocycles. The minimum absolute atomic E-state index is 0.0255. The van der Waals surface area contributed by atoms with Gasteiger partial charge < -0.3 is 29.7 Å². The molecule has 3 N–H and O–H groups in total. The van der Waals surface area contributed by atoms with E-state index >= 15 is 0 Å². The number of anilines is 1. The van der Waals surface area contributed by atoms with Crippen LogP contribution in [-0.4, -0.2) is 51.9 Å². The number of carboxylic acids is 1. The van der Waals surface area contributed by atoms with Crippen molar-refractivity contribution in [2.75, 3.05) is 24.5 Å². The smallest absolute Gasteiger partial charge is 0.322 e. The third-order valence-electron chi connectivity index (χ3n) is 7.52. The number of pyridine rings is 1. The Kier molecular flexibility index (Phi) is 8.33. The minimum atomic E-state index is -1.42. The van der Waals surface area contributed by atoms with Gasteiger partial charge in [0.05, 0.1) is 39.3 Å². The van der Waals surface area contributed by atoms with Gasteiger partial charge in [0, 0.05) is 23.2 Å². The van der Waals surface area contributed by atoms with E-state index in [1.54, 1.807) is 18.2 Å². The summed E-state index contributed by atoms with van der Waals surface area (Å²) in [7, 11) is 0. The molecule has 1 aliphatic heterocycles. The number of benzene rings is 2. The molecule has 2 aromatic carbocycles. The first-order valence-corrected chi connectivity index (χ1v) is 14.8. The number of aliphatic hydroxyl groups is 1. The number of ether oxygens (including phenoxy) is 1. The van der Waals surface area contributed by atoms with Crippen molar-refractivity contribution in [1.29, 1.82) is 0 Å². The van der Waals surface area contributed by atoms with Crippen LogP contribution in [0.1, 0.15) is 46.0 Å². The number of hydrogen-bond acceptors (Lipinski definition) is 8. The van der Waals surface area contributed by atoms with Crippen LogP contribution >= 0.6 is 34.8 Å². The molecule has 0 radical (unpaired) electrons. The minimum Gasteiger partial charge on any atom is -0.489 e. The van der Waals surface area contributed by atoms with E-state index in [0.717, 1.165) is 37.2 Å². The maximum absolute atomic E-state index is 14.8. The first kappa shape index (κ1) is 31.0. The average Bonchev–Trinajstić information content (AvgIpc) is 3.72. The molecule has 4 aromatic rings. The first-order chi connectivity index (χ1) is 21.4. The number of nitrogens with zero attached hydrogens (tertiary/aromatic N) is 3. The number of carbonyl (C=O) groups is 2. The lowest BCUT2D eigenvalue weighted by Gasteiger charge is -2.47. The number of aromatic nitrogens is 2. The van der Waals surface area contributed by atoms with Gasteiger partial charge in [-0.2, -0.15) is 0 Å². The van der Waals surface area contributed by atoms with Gasteiger partial charge in [-0.05, 0) is 43.2 Å². The lowest BCUT2D eigenvalue weighted by molar-refractivity contribution is -0.135. The van der Waals surface area contributed by atoms with E-state index in [2.05, 4.69) is 15.5 Å². The molecule has 1 saturated heterocycles. The fourth-order valence-electron chi connectivity index (χ4n) is 5.16. The molecule has 2 aliphatic rings. The number of hydrogen-bond donors (Lipinski definition) is 3. The lowest BCUT2D eigenvalue weighted by atomic mass is 9.86. The maximum Gasteiger partial charge on any atom is 0.322 e. The maximum atomic E-state index is 14.8. The van der Waals surface area contributed by atoms with Gasteiger partial charge in [0.1, 0.15) is 41.8 Å². The second kappa shape index (κ2) is 12.1. The molecule has 6 rings (SSSR count). The summed E-state index contributed by atoms with van der Waals surface area (Å²) >= 11 is 19.2. The first-order valence-electron chi connectivity index (χ1n) is 13.6. The van der Waals surface area contributed by atoms with Crippen LogP contribution in [0, 0.1) is 11.6 Å². The largest absolute Gasteiger partial charge is 0.489 e. The number of β-amino-alcohol motifs (C(OH)–C–C–N with tert-alkyl or cyclic N) is 1. The Labute approximate surface area is 269 Å². The second-order valence-corrected chi connectivity index (χ2v) is 12.0. The van der Waals surface area contributed by atoms with Crippen LogP contribution < -0.4 is 15.0 Å². The average molecular weight is 680 g/mol. The fourth-order valence-corrected chi connectivity index (χ4v) is 6.15. The van der Waals surface area contributed by atoms with Crippen LogP contribution in [0.25, 0.3) is 11.3 Å². The van der Waals surface area contributed by atoms with Gasteiger partial charge in [0.15, 0.2) is 11.6 Å². The quantitative estimate of drug-likeness (QED) is 0.186. The van der Waals surface area contributed by atoms with Crippen molar-refractivity contribution in [1.82, 2.24) is 15.5 Å². The highest BCUT2D eigenvalue weighted by Gasteiger charge is 2.45. The van der Waals surface area contributed by atoms with Crippen molar-refractivity contribution >= 4 is 52.5 Å². The van der Waals surface area contributed by atoms with Crippen LogP contribution in [-0.2, 0) is 17.0 Å². The zero-order valence-electron chi connectivity index (χ0n) is 23.1. The van der Waals surface area contributed by atoms with Crippen LogP contribution in [0.4, 0.5) is 14.6 Å². The van der Waals surface area contributed by atoms with Crippen molar-refractivity contribution < 1.29 is 37.8 Å². The molecule has 1 saturated carbocycles. The van der Waals surface area contributed by atoms with Gasteiger partial charge >= 0.3 is 5.97 Å². The number of amides is 1. The summed E-state index contributed by atoms with van der Waals surface area (Å²) in [6.45, 7) is -0.656. The number of rotatable bonds is 10. The third kappa shape index (κ3) is 6.28. The van der Waals surface area contributed by atoms with E-state index in [9.17, 15) is 23.5 Å². The number of carbonyl (C=O) groups excluding carboxylic acids is 1. The third-order valence-corrected chi connectivity index (χ3v) is 8.43. The van der Waals surface area contributed by atoms with E-state index in [4.69, 9.17) is 49.2 Å². The zero-order chi connectivity index (χ0) is 32.0. The summed E-state index contributed by atoms with van der Waals surface area (Å²) in [4.78, 5) is 28.1. The Bertz CT molecular complexity index is 1800. The molecule has 0 spiro atoms. The zero-order valence-corrected chi connectivity index (χ0v) is 25.4. The van der Waals surface area contributed by atoms with Crippen LogP contribution in [0.3, 0.4) is 0 Å². The molecule has 15 heteroatoms. The Hall–Kier alpha value is -3.97. The van der Waals surface area contributed by atoms with Crippen molar-refractivity contribution in [3.63, 3.8) is 0 Å². The molecule has 1 aliphatic carbocycles. The molecule has 1 amide bonds. The van der Waals surface area contributed by atoms with E-state index < -0.39 is 35.7 Å². The van der Waals surface area contributed by atoms with Crippen LogP contribution in [0.2, 0.25) is 15.1 Å². The Morgan fingerprint density at radius 3 is 2.42 bits per heavy atom. The summed E-state index contributed by atoms with van der Waals surface area (Å²) in [5.41, 5.74) is 0.152. The molecular formula is C30H23Cl3F2N4O6. The molecule has 10 nitrogen and oxygen atoms in total. The molecule has 0 bridgehead atoms. The highest BCUT2D eigenvalue weighted by atomic mass is 35.5. The highest BCUT2D eigenvalue weighted by molar-refractivity contribution is 6.39. The molecule has 2 aromatic heterocycles. The summed E-state index contributed by atoms with van der Waals surface area (Å²) in [5, 5.41) is 26.6. The van der Waals surface area contributed by atoms with Crippen molar-refractivity contribution in [2.45, 2.75) is 31.0 Å². The molecule has 0 unspecified atom stereocenters. The van der Waals surface area contributed by atoms with E-state index in [1.165, 1.54) is 4.90 Å². The fraction of sp³-hybridized carbons (Fsp3) is 0.267. The van der Waals surface area contributed by atoms with Gasteiger partial charge in [-0.25, -0.2) is 13.8 Å². The van der Waals surface area contributed by atoms with Crippen molar-refractivity contribution in [3.05, 3.63) is 91.7 Å².